The highest BCUT2D eigenvalue weighted by Gasteiger charge is 2.27. The molecule has 0 heterocycles. The summed E-state index contributed by atoms with van der Waals surface area (Å²) in [6.07, 6.45) is 5.49. The number of rotatable bonds is 6. The van der Waals surface area contributed by atoms with Crippen LogP contribution in [0.4, 0.5) is 10.1 Å². The minimum atomic E-state index is -0.258. The summed E-state index contributed by atoms with van der Waals surface area (Å²) in [7, 11) is 0. The average Bonchev–Trinajstić information content (AvgIpc) is 3.13. The number of carbonyl (C=O) groups is 1. The van der Waals surface area contributed by atoms with Gasteiger partial charge in [0.05, 0.1) is 6.04 Å². The van der Waals surface area contributed by atoms with Gasteiger partial charge >= 0.3 is 0 Å². The van der Waals surface area contributed by atoms with Crippen molar-refractivity contribution in [2.75, 3.05) is 5.73 Å². The van der Waals surface area contributed by atoms with Crippen molar-refractivity contribution in [2.24, 2.45) is 5.92 Å². The summed E-state index contributed by atoms with van der Waals surface area (Å²) in [6, 6.07) is 14.1. The number of hydrogen-bond acceptors (Lipinski definition) is 2. The number of anilines is 1. The molecule has 140 valence electrons. The van der Waals surface area contributed by atoms with Gasteiger partial charge < -0.3 is 11.1 Å². The molecule has 3 nitrogen and oxygen atoms in total. The normalized spacial score (nSPS) is 15.3. The minimum Gasteiger partial charge on any atom is -0.399 e. The fourth-order valence-electron chi connectivity index (χ4n) is 3.72. The highest BCUT2D eigenvalue weighted by Crippen LogP contribution is 2.36. The molecule has 0 bridgehead atoms. The van der Waals surface area contributed by atoms with Crippen molar-refractivity contribution in [3.05, 3.63) is 65.5 Å². The molecule has 1 amide bonds. The lowest BCUT2D eigenvalue weighted by Gasteiger charge is -2.25. The molecule has 2 aromatic carbocycles. The Morgan fingerprint density at radius 1 is 1.15 bits per heavy atom. The van der Waals surface area contributed by atoms with E-state index in [0.717, 1.165) is 24.0 Å². The highest BCUT2D eigenvalue weighted by atomic mass is 35.5. The van der Waals surface area contributed by atoms with Gasteiger partial charge in [-0.25, -0.2) is 4.39 Å². The van der Waals surface area contributed by atoms with Gasteiger partial charge in [-0.2, -0.15) is 0 Å². The van der Waals surface area contributed by atoms with E-state index in [0.29, 0.717) is 24.4 Å². The number of halogens is 2. The van der Waals surface area contributed by atoms with E-state index in [-0.39, 0.29) is 30.2 Å². The number of amides is 1. The van der Waals surface area contributed by atoms with Crippen LogP contribution < -0.4 is 11.1 Å². The molecule has 0 saturated heterocycles. The topological polar surface area (TPSA) is 55.1 Å². The number of carbonyl (C=O) groups excluding carboxylic acids is 1. The van der Waals surface area contributed by atoms with Crippen LogP contribution in [0.1, 0.15) is 49.3 Å². The molecule has 1 aliphatic carbocycles. The van der Waals surface area contributed by atoms with E-state index in [2.05, 4.69) is 5.32 Å². The molecule has 2 aromatic rings. The summed E-state index contributed by atoms with van der Waals surface area (Å²) in [5.74, 6) is 0.115. The second kappa shape index (κ2) is 9.58. The first-order valence-electron chi connectivity index (χ1n) is 9.01. The minimum absolute atomic E-state index is 0. The van der Waals surface area contributed by atoms with Crippen molar-refractivity contribution in [2.45, 2.75) is 44.6 Å². The second-order valence-corrected chi connectivity index (χ2v) is 6.84. The zero-order valence-electron chi connectivity index (χ0n) is 14.8. The molecule has 1 atom stereocenters. The summed E-state index contributed by atoms with van der Waals surface area (Å²) in [4.78, 5) is 12.5. The number of aryl methyl sites for hydroxylation is 1. The maximum Gasteiger partial charge on any atom is 0.220 e. The molecule has 3 N–H and O–H groups in total. The van der Waals surface area contributed by atoms with Crippen LogP contribution in [-0.4, -0.2) is 5.91 Å². The molecule has 1 aliphatic rings. The fourth-order valence-corrected chi connectivity index (χ4v) is 3.72. The summed E-state index contributed by atoms with van der Waals surface area (Å²) >= 11 is 0. The predicted molar refractivity (Wildman–Crippen MR) is 106 cm³/mol. The third-order valence-electron chi connectivity index (χ3n) is 5.07. The predicted octanol–water partition coefficient (Wildman–Crippen LogP) is 4.81. The Hall–Kier alpha value is -2.07. The van der Waals surface area contributed by atoms with E-state index >= 15 is 0 Å². The van der Waals surface area contributed by atoms with Crippen LogP contribution in [0.2, 0.25) is 0 Å². The molecule has 3 rings (SSSR count). The third-order valence-corrected chi connectivity index (χ3v) is 5.07. The van der Waals surface area contributed by atoms with E-state index in [4.69, 9.17) is 5.73 Å². The van der Waals surface area contributed by atoms with Gasteiger partial charge in [-0.1, -0.05) is 43.2 Å². The van der Waals surface area contributed by atoms with E-state index in [1.54, 1.807) is 12.1 Å². The van der Waals surface area contributed by atoms with Crippen LogP contribution in [0.3, 0.4) is 0 Å². The van der Waals surface area contributed by atoms with Gasteiger partial charge in [-0.05, 0) is 54.5 Å². The first kappa shape index (κ1) is 20.2. The average molecular weight is 377 g/mol. The summed E-state index contributed by atoms with van der Waals surface area (Å²) in [5, 5.41) is 3.15. The Morgan fingerprint density at radius 2 is 1.88 bits per heavy atom. The van der Waals surface area contributed by atoms with Gasteiger partial charge in [-0.3, -0.25) is 4.79 Å². The largest absolute Gasteiger partial charge is 0.399 e. The first-order chi connectivity index (χ1) is 12.1. The van der Waals surface area contributed by atoms with Crippen LogP contribution >= 0.6 is 12.4 Å². The number of para-hydroxylation sites is 1. The molecule has 0 aromatic heterocycles. The van der Waals surface area contributed by atoms with Crippen molar-refractivity contribution < 1.29 is 9.18 Å². The monoisotopic (exact) mass is 376 g/mol. The summed E-state index contributed by atoms with van der Waals surface area (Å²) in [6.45, 7) is 0. The lowest BCUT2D eigenvalue weighted by Crippen LogP contribution is -2.33. The number of nitrogens with one attached hydrogen (secondary N) is 1. The van der Waals surface area contributed by atoms with Crippen molar-refractivity contribution in [3.8, 4) is 0 Å². The Kier molecular flexibility index (Phi) is 7.46. The number of benzene rings is 2. The zero-order chi connectivity index (χ0) is 17.6. The third kappa shape index (κ3) is 5.21. The molecule has 1 saturated carbocycles. The van der Waals surface area contributed by atoms with Crippen LogP contribution in [0.5, 0.6) is 0 Å². The number of nitrogen functional groups attached to an aromatic ring is 1. The van der Waals surface area contributed by atoms with Crippen LogP contribution in [0, 0.1) is 11.7 Å². The maximum absolute atomic E-state index is 13.6. The van der Waals surface area contributed by atoms with Crippen molar-refractivity contribution in [1.29, 1.82) is 0 Å². The summed E-state index contributed by atoms with van der Waals surface area (Å²) in [5.41, 5.74) is 8.50. The van der Waals surface area contributed by atoms with Gasteiger partial charge in [0.1, 0.15) is 5.82 Å². The Balaban J connectivity index is 0.00000243. The molecular weight excluding hydrogens is 351 g/mol. The molecule has 1 fully saturated rings. The molecule has 0 radical (unpaired) electrons. The molecule has 5 heteroatoms. The second-order valence-electron chi connectivity index (χ2n) is 6.84. The molecule has 0 aliphatic heterocycles. The molecule has 1 unspecified atom stereocenters. The molecule has 26 heavy (non-hydrogen) atoms. The summed E-state index contributed by atoms with van der Waals surface area (Å²) < 4.78 is 13.6. The molecular formula is C21H26ClFN2O. The van der Waals surface area contributed by atoms with E-state index in [9.17, 15) is 9.18 Å². The van der Waals surface area contributed by atoms with E-state index < -0.39 is 0 Å². The van der Waals surface area contributed by atoms with Gasteiger partial charge in [0.15, 0.2) is 0 Å². The first-order valence-corrected chi connectivity index (χ1v) is 9.01. The lowest BCUT2D eigenvalue weighted by atomic mass is 9.91. The van der Waals surface area contributed by atoms with Crippen molar-refractivity contribution in [3.63, 3.8) is 0 Å². The van der Waals surface area contributed by atoms with Crippen LogP contribution in [0.25, 0.3) is 0 Å². The van der Waals surface area contributed by atoms with Gasteiger partial charge in [0.25, 0.3) is 0 Å². The Morgan fingerprint density at radius 3 is 2.58 bits per heavy atom. The maximum atomic E-state index is 13.6. The van der Waals surface area contributed by atoms with Gasteiger partial charge in [-0.15, -0.1) is 12.4 Å². The number of nitrogens with two attached hydrogens (primary N) is 1. The smallest absolute Gasteiger partial charge is 0.220 e. The van der Waals surface area contributed by atoms with E-state index in [1.807, 2.05) is 30.3 Å². The zero-order valence-corrected chi connectivity index (χ0v) is 15.6. The fraction of sp³-hybridized carbons (Fsp3) is 0.381. The van der Waals surface area contributed by atoms with Crippen molar-refractivity contribution >= 4 is 24.0 Å². The van der Waals surface area contributed by atoms with Crippen molar-refractivity contribution in [1.82, 2.24) is 5.32 Å². The SMILES string of the molecule is Cl.Nc1ccccc1CCC(=O)NC(c1cccc(F)c1)C1CCCC1. The number of hydrogen-bond donors (Lipinski definition) is 2. The van der Waals surface area contributed by atoms with E-state index in [1.165, 1.54) is 18.9 Å². The highest BCUT2D eigenvalue weighted by molar-refractivity contribution is 5.85. The lowest BCUT2D eigenvalue weighted by molar-refractivity contribution is -0.122. The Labute approximate surface area is 160 Å². The Bertz CT molecular complexity index is 731. The van der Waals surface area contributed by atoms with Crippen LogP contribution in [0.15, 0.2) is 48.5 Å². The van der Waals surface area contributed by atoms with Gasteiger partial charge in [0.2, 0.25) is 5.91 Å². The standard InChI is InChI=1S/C21H25FN2O.ClH/c22-18-10-5-9-17(14-18)21(16-7-1-2-8-16)24-20(25)13-12-15-6-3-4-11-19(15)23;/h3-6,9-11,14,16,21H,1-2,7-8,12-13,23H2,(H,24,25);1H. The quantitative estimate of drug-likeness (QED) is 0.711. The molecule has 0 spiro atoms. The van der Waals surface area contributed by atoms with Gasteiger partial charge in [0, 0.05) is 12.1 Å². The van der Waals surface area contributed by atoms with Crippen LogP contribution in [-0.2, 0) is 11.2 Å².